The predicted octanol–water partition coefficient (Wildman–Crippen LogP) is 4.12. The van der Waals surface area contributed by atoms with Crippen molar-refractivity contribution in [3.05, 3.63) is 66.1 Å². The number of aryl methyl sites for hydroxylation is 1. The van der Waals surface area contributed by atoms with Gasteiger partial charge in [0.1, 0.15) is 6.07 Å². The zero-order valence-corrected chi connectivity index (χ0v) is 12.6. The average Bonchev–Trinajstić information content (AvgIpc) is 3.15. The number of aromatic amines is 1. The van der Waals surface area contributed by atoms with E-state index in [2.05, 4.69) is 16.0 Å². The number of aromatic nitrogens is 3. The molecule has 0 radical (unpaired) electrons. The molecule has 2 aromatic heterocycles. The summed E-state index contributed by atoms with van der Waals surface area (Å²) in [6.45, 7) is 0. The van der Waals surface area contributed by atoms with Crippen molar-refractivity contribution in [1.29, 1.82) is 5.26 Å². The normalized spacial score (nSPS) is 11.9. The van der Waals surface area contributed by atoms with Crippen LogP contribution in [0.1, 0.15) is 11.4 Å². The first kappa shape index (κ1) is 13.4. The highest BCUT2D eigenvalue weighted by atomic mass is 15.1. The minimum Gasteiger partial charge on any atom is -0.361 e. The lowest BCUT2D eigenvalue weighted by atomic mass is 10.1. The van der Waals surface area contributed by atoms with Crippen molar-refractivity contribution >= 4 is 33.6 Å². The van der Waals surface area contributed by atoms with Crippen LogP contribution in [0.5, 0.6) is 0 Å². The molecule has 0 atom stereocenters. The highest BCUT2D eigenvalue weighted by Crippen LogP contribution is 2.25. The molecule has 2 aromatic carbocycles. The molecule has 4 heteroatoms. The molecule has 0 saturated heterocycles. The summed E-state index contributed by atoms with van der Waals surface area (Å²) in [5.41, 5.74) is 4.51. The van der Waals surface area contributed by atoms with E-state index in [1.54, 1.807) is 0 Å². The van der Waals surface area contributed by atoms with Crippen molar-refractivity contribution in [2.45, 2.75) is 0 Å². The molecule has 0 unspecified atom stereocenters. The van der Waals surface area contributed by atoms with Crippen LogP contribution in [0.15, 0.2) is 54.7 Å². The van der Waals surface area contributed by atoms with Crippen LogP contribution in [0.25, 0.3) is 33.6 Å². The van der Waals surface area contributed by atoms with E-state index < -0.39 is 0 Å². The van der Waals surface area contributed by atoms with E-state index in [0.29, 0.717) is 11.4 Å². The fraction of sp³-hybridized carbons (Fsp3) is 0.0526. The standard InChI is InChI=1S/C19H14N4/c1-23-18-9-5-4-8-17(18)22-19(23)13(11-20)10-14-12-21-16-7-3-2-6-15(14)16/h2-10,12,21H,1H3/b13-10-. The zero-order chi connectivity index (χ0) is 15.8. The quantitative estimate of drug-likeness (QED) is 0.566. The number of nitrogens with zero attached hydrogens (tertiary/aromatic N) is 3. The highest BCUT2D eigenvalue weighted by Gasteiger charge is 2.12. The molecule has 2 heterocycles. The summed E-state index contributed by atoms with van der Waals surface area (Å²) in [6, 6.07) is 18.2. The Bertz CT molecular complexity index is 1090. The van der Waals surface area contributed by atoms with Crippen molar-refractivity contribution in [3.8, 4) is 6.07 Å². The van der Waals surface area contributed by atoms with Crippen LogP contribution < -0.4 is 0 Å². The van der Waals surface area contributed by atoms with E-state index in [1.807, 2.05) is 72.4 Å². The first-order valence-electron chi connectivity index (χ1n) is 7.37. The third kappa shape index (κ3) is 2.11. The van der Waals surface area contributed by atoms with Crippen molar-refractivity contribution in [1.82, 2.24) is 14.5 Å². The summed E-state index contributed by atoms with van der Waals surface area (Å²) in [7, 11) is 1.94. The lowest BCUT2D eigenvalue weighted by Crippen LogP contribution is -1.95. The van der Waals surface area contributed by atoms with Gasteiger partial charge in [-0.2, -0.15) is 5.26 Å². The lowest BCUT2D eigenvalue weighted by Gasteiger charge is -2.00. The van der Waals surface area contributed by atoms with E-state index in [4.69, 9.17) is 0 Å². The van der Waals surface area contributed by atoms with Crippen LogP contribution in [0.2, 0.25) is 0 Å². The first-order chi connectivity index (χ1) is 11.3. The molecular formula is C19H14N4. The number of fused-ring (bicyclic) bond motifs is 2. The van der Waals surface area contributed by atoms with Crippen LogP contribution >= 0.6 is 0 Å². The Kier molecular flexibility index (Phi) is 2.99. The molecule has 0 bridgehead atoms. The van der Waals surface area contributed by atoms with Gasteiger partial charge in [-0.05, 0) is 24.3 Å². The third-order valence-corrected chi connectivity index (χ3v) is 4.07. The molecule has 1 N–H and O–H groups in total. The number of imidazole rings is 1. The molecule has 0 aliphatic carbocycles. The Labute approximate surface area is 133 Å². The summed E-state index contributed by atoms with van der Waals surface area (Å²) in [4.78, 5) is 7.84. The van der Waals surface area contributed by atoms with Crippen molar-refractivity contribution < 1.29 is 0 Å². The molecular weight excluding hydrogens is 284 g/mol. The van der Waals surface area contributed by atoms with Gasteiger partial charge in [0.25, 0.3) is 0 Å². The zero-order valence-electron chi connectivity index (χ0n) is 12.6. The van der Waals surface area contributed by atoms with Crippen molar-refractivity contribution in [2.24, 2.45) is 7.05 Å². The van der Waals surface area contributed by atoms with E-state index in [1.165, 1.54) is 0 Å². The molecule has 0 amide bonds. The molecule has 23 heavy (non-hydrogen) atoms. The number of nitriles is 1. The summed E-state index contributed by atoms with van der Waals surface area (Å²) in [5, 5.41) is 10.7. The number of benzene rings is 2. The van der Waals surface area contributed by atoms with Crippen molar-refractivity contribution in [3.63, 3.8) is 0 Å². The molecule has 4 aromatic rings. The maximum absolute atomic E-state index is 9.62. The topological polar surface area (TPSA) is 57.4 Å². The molecule has 0 fully saturated rings. The summed E-state index contributed by atoms with van der Waals surface area (Å²) >= 11 is 0. The number of allylic oxidation sites excluding steroid dienone is 1. The number of nitrogens with one attached hydrogen (secondary N) is 1. The van der Waals surface area contributed by atoms with Gasteiger partial charge in [-0.25, -0.2) is 4.98 Å². The first-order valence-corrected chi connectivity index (χ1v) is 7.37. The minimum atomic E-state index is 0.549. The van der Waals surface area contributed by atoms with Gasteiger partial charge < -0.3 is 9.55 Å². The summed E-state index contributed by atoms with van der Waals surface area (Å²) in [6.07, 6.45) is 3.81. The summed E-state index contributed by atoms with van der Waals surface area (Å²) in [5.74, 6) is 0.680. The predicted molar refractivity (Wildman–Crippen MR) is 92.5 cm³/mol. The lowest BCUT2D eigenvalue weighted by molar-refractivity contribution is 0.925. The van der Waals surface area contributed by atoms with Crippen LogP contribution in [0, 0.1) is 11.3 Å². The summed E-state index contributed by atoms with van der Waals surface area (Å²) < 4.78 is 1.96. The van der Waals surface area contributed by atoms with Crippen LogP contribution in [0.4, 0.5) is 0 Å². The average molecular weight is 298 g/mol. The molecule has 0 aliphatic rings. The smallest absolute Gasteiger partial charge is 0.151 e. The van der Waals surface area contributed by atoms with Gasteiger partial charge in [0.15, 0.2) is 5.82 Å². The third-order valence-electron chi connectivity index (χ3n) is 4.07. The minimum absolute atomic E-state index is 0.549. The maximum Gasteiger partial charge on any atom is 0.151 e. The number of H-pyrrole nitrogens is 1. The van der Waals surface area contributed by atoms with Gasteiger partial charge in [-0.15, -0.1) is 0 Å². The second-order valence-electron chi connectivity index (χ2n) is 5.44. The highest BCUT2D eigenvalue weighted by molar-refractivity contribution is 5.97. The van der Waals surface area contributed by atoms with E-state index >= 15 is 0 Å². The Morgan fingerprint density at radius 2 is 1.96 bits per heavy atom. The number of hydrogen-bond donors (Lipinski definition) is 1. The van der Waals surface area contributed by atoms with Gasteiger partial charge in [0, 0.05) is 29.7 Å². The van der Waals surface area contributed by atoms with Crippen LogP contribution in [-0.4, -0.2) is 14.5 Å². The van der Waals surface area contributed by atoms with E-state index in [0.717, 1.165) is 27.5 Å². The van der Waals surface area contributed by atoms with Gasteiger partial charge in [0.2, 0.25) is 0 Å². The largest absolute Gasteiger partial charge is 0.361 e. The second kappa shape index (κ2) is 5.15. The van der Waals surface area contributed by atoms with Crippen LogP contribution in [0.3, 0.4) is 0 Å². The molecule has 0 saturated carbocycles. The molecule has 4 rings (SSSR count). The Hall–Kier alpha value is -3.32. The molecule has 0 spiro atoms. The second-order valence-corrected chi connectivity index (χ2v) is 5.44. The van der Waals surface area contributed by atoms with Gasteiger partial charge >= 0.3 is 0 Å². The fourth-order valence-electron chi connectivity index (χ4n) is 2.90. The van der Waals surface area contributed by atoms with Crippen LogP contribution in [-0.2, 0) is 7.05 Å². The Morgan fingerprint density at radius 1 is 1.17 bits per heavy atom. The SMILES string of the molecule is Cn1c(/C(C#N)=C\c2c[nH]c3ccccc23)nc2ccccc21. The number of rotatable bonds is 2. The fourth-order valence-corrected chi connectivity index (χ4v) is 2.90. The van der Waals surface area contributed by atoms with Crippen molar-refractivity contribution in [2.75, 3.05) is 0 Å². The number of para-hydroxylation sites is 3. The molecule has 0 aliphatic heterocycles. The van der Waals surface area contributed by atoms with E-state index in [9.17, 15) is 5.26 Å². The van der Waals surface area contributed by atoms with E-state index in [-0.39, 0.29) is 0 Å². The monoisotopic (exact) mass is 298 g/mol. The Balaban J connectivity index is 1.91. The number of hydrogen-bond acceptors (Lipinski definition) is 2. The van der Waals surface area contributed by atoms with Gasteiger partial charge in [-0.1, -0.05) is 30.3 Å². The molecule has 4 nitrogen and oxygen atoms in total. The molecule has 110 valence electrons. The maximum atomic E-state index is 9.62. The Morgan fingerprint density at radius 3 is 2.78 bits per heavy atom. The van der Waals surface area contributed by atoms with Gasteiger partial charge in [0.05, 0.1) is 16.6 Å². The van der Waals surface area contributed by atoms with Gasteiger partial charge in [-0.3, -0.25) is 0 Å².